The van der Waals surface area contributed by atoms with Crippen molar-refractivity contribution in [2.75, 3.05) is 12.3 Å². The predicted molar refractivity (Wildman–Crippen MR) is 65.6 cm³/mol. The van der Waals surface area contributed by atoms with Crippen LogP contribution in [0.2, 0.25) is 0 Å². The zero-order chi connectivity index (χ0) is 10.3. The van der Waals surface area contributed by atoms with Crippen molar-refractivity contribution >= 4 is 11.8 Å². The van der Waals surface area contributed by atoms with Gasteiger partial charge >= 0.3 is 0 Å². The third-order valence-corrected chi connectivity index (χ3v) is 4.62. The lowest BCUT2D eigenvalue weighted by Crippen LogP contribution is -2.20. The van der Waals surface area contributed by atoms with E-state index >= 15 is 0 Å². The number of benzene rings is 1. The van der Waals surface area contributed by atoms with Gasteiger partial charge in [-0.15, -0.1) is 11.8 Å². The van der Waals surface area contributed by atoms with Crippen molar-refractivity contribution in [3.63, 3.8) is 0 Å². The molecule has 0 bridgehead atoms. The zero-order valence-corrected chi connectivity index (χ0v) is 9.99. The molecular weight excluding hydrogens is 202 g/mol. The van der Waals surface area contributed by atoms with Gasteiger partial charge < -0.3 is 5.32 Å². The molecule has 0 saturated carbocycles. The number of hydrogen-bond donors (Lipinski definition) is 1. The van der Waals surface area contributed by atoms with Crippen molar-refractivity contribution in [2.24, 2.45) is 0 Å². The smallest absolute Gasteiger partial charge is 0.0426 e. The van der Waals surface area contributed by atoms with Gasteiger partial charge in [-0.3, -0.25) is 0 Å². The first-order valence-electron chi connectivity index (χ1n) is 5.90. The minimum atomic E-state index is 0.598. The molecule has 1 heterocycles. The maximum atomic E-state index is 3.57. The van der Waals surface area contributed by atoms with Crippen molar-refractivity contribution in [1.82, 2.24) is 5.32 Å². The molecular formula is C13H17NS. The maximum absolute atomic E-state index is 3.57. The molecule has 15 heavy (non-hydrogen) atoms. The van der Waals surface area contributed by atoms with E-state index in [1.54, 1.807) is 16.7 Å². The summed E-state index contributed by atoms with van der Waals surface area (Å²) < 4.78 is 0. The van der Waals surface area contributed by atoms with Crippen LogP contribution in [0.1, 0.15) is 36.1 Å². The van der Waals surface area contributed by atoms with Crippen LogP contribution in [0.15, 0.2) is 17.0 Å². The van der Waals surface area contributed by atoms with E-state index in [1.807, 2.05) is 11.8 Å². The molecule has 0 aromatic heterocycles. The fraction of sp³-hybridized carbons (Fsp3) is 0.538. The van der Waals surface area contributed by atoms with Crippen LogP contribution in [0.3, 0.4) is 0 Å². The largest absolute Gasteiger partial charge is 0.309 e. The molecule has 2 aliphatic rings. The molecule has 0 spiro atoms. The summed E-state index contributed by atoms with van der Waals surface area (Å²) in [6, 6.07) is 5.51. The summed E-state index contributed by atoms with van der Waals surface area (Å²) in [6.07, 6.45) is 3.95. The van der Waals surface area contributed by atoms with E-state index in [0.29, 0.717) is 6.04 Å². The number of hydrogen-bond acceptors (Lipinski definition) is 2. The Balaban J connectivity index is 1.98. The molecule has 1 nitrogen and oxygen atoms in total. The minimum Gasteiger partial charge on any atom is -0.309 e. The second-order valence-electron chi connectivity index (χ2n) is 4.43. The van der Waals surface area contributed by atoms with E-state index < -0.39 is 0 Å². The Morgan fingerprint density at radius 3 is 2.93 bits per heavy atom. The molecule has 1 N–H and O–H groups in total. The predicted octanol–water partition coefficient (Wildman–Crippen LogP) is 2.93. The molecule has 1 atom stereocenters. The van der Waals surface area contributed by atoms with Crippen molar-refractivity contribution in [3.05, 3.63) is 28.8 Å². The van der Waals surface area contributed by atoms with E-state index in [4.69, 9.17) is 0 Å². The Hall–Kier alpha value is -0.470. The van der Waals surface area contributed by atoms with Gasteiger partial charge in [-0.25, -0.2) is 0 Å². The van der Waals surface area contributed by atoms with Crippen LogP contribution in [-0.4, -0.2) is 12.3 Å². The van der Waals surface area contributed by atoms with Gasteiger partial charge in [0.15, 0.2) is 0 Å². The summed E-state index contributed by atoms with van der Waals surface area (Å²) >= 11 is 2.02. The van der Waals surface area contributed by atoms with Crippen LogP contribution in [0.5, 0.6) is 0 Å². The van der Waals surface area contributed by atoms with Gasteiger partial charge in [0.25, 0.3) is 0 Å². The highest BCUT2D eigenvalue weighted by Gasteiger charge is 2.25. The second-order valence-corrected chi connectivity index (χ2v) is 5.50. The van der Waals surface area contributed by atoms with Gasteiger partial charge in [-0.2, -0.15) is 0 Å². The maximum Gasteiger partial charge on any atom is 0.0426 e. The van der Waals surface area contributed by atoms with Crippen LogP contribution in [0.4, 0.5) is 0 Å². The quantitative estimate of drug-likeness (QED) is 0.821. The van der Waals surface area contributed by atoms with Crippen LogP contribution >= 0.6 is 11.8 Å². The van der Waals surface area contributed by atoms with E-state index in [-0.39, 0.29) is 0 Å². The highest BCUT2D eigenvalue weighted by Crippen LogP contribution is 2.41. The molecule has 0 radical (unpaired) electrons. The average Bonchev–Trinajstić information content (AvgIpc) is 2.82. The van der Waals surface area contributed by atoms with Gasteiger partial charge in [-0.05, 0) is 48.6 Å². The Bertz CT molecular complexity index is 386. The first kappa shape index (κ1) is 9.73. The SMILES string of the molecule is CCNC1CSc2cc3c(cc21)CCC3. The Labute approximate surface area is 95.6 Å². The summed E-state index contributed by atoms with van der Waals surface area (Å²) in [5, 5.41) is 3.57. The van der Waals surface area contributed by atoms with Gasteiger partial charge in [0.05, 0.1) is 0 Å². The molecule has 1 unspecified atom stereocenters. The normalized spacial score (nSPS) is 22.9. The van der Waals surface area contributed by atoms with E-state index in [0.717, 1.165) is 6.54 Å². The zero-order valence-electron chi connectivity index (χ0n) is 9.18. The minimum absolute atomic E-state index is 0.598. The number of rotatable bonds is 2. The Morgan fingerprint density at radius 1 is 1.33 bits per heavy atom. The average molecular weight is 219 g/mol. The Morgan fingerprint density at radius 2 is 2.13 bits per heavy atom. The molecule has 1 aromatic carbocycles. The summed E-state index contributed by atoms with van der Waals surface area (Å²) in [4.78, 5) is 1.53. The van der Waals surface area contributed by atoms with Gasteiger partial charge in [0.1, 0.15) is 0 Å². The molecule has 1 aliphatic carbocycles. The monoisotopic (exact) mass is 219 g/mol. The van der Waals surface area contributed by atoms with Crippen molar-refractivity contribution < 1.29 is 0 Å². The number of thioether (sulfide) groups is 1. The van der Waals surface area contributed by atoms with Crippen molar-refractivity contribution in [3.8, 4) is 0 Å². The molecule has 2 heteroatoms. The Kier molecular flexibility index (Phi) is 2.49. The van der Waals surface area contributed by atoms with E-state index in [2.05, 4.69) is 24.4 Å². The van der Waals surface area contributed by atoms with Gasteiger partial charge in [0.2, 0.25) is 0 Å². The first-order chi connectivity index (χ1) is 7.38. The topological polar surface area (TPSA) is 12.0 Å². The van der Waals surface area contributed by atoms with Crippen LogP contribution in [0, 0.1) is 0 Å². The fourth-order valence-corrected chi connectivity index (χ4v) is 3.93. The lowest BCUT2D eigenvalue weighted by molar-refractivity contribution is 0.607. The highest BCUT2D eigenvalue weighted by molar-refractivity contribution is 7.99. The van der Waals surface area contributed by atoms with Crippen LogP contribution in [0.25, 0.3) is 0 Å². The van der Waals surface area contributed by atoms with E-state index in [1.165, 1.54) is 29.9 Å². The van der Waals surface area contributed by atoms with Gasteiger partial charge in [0, 0.05) is 16.7 Å². The van der Waals surface area contributed by atoms with Crippen LogP contribution < -0.4 is 5.32 Å². The number of aryl methyl sites for hydroxylation is 2. The third-order valence-electron chi connectivity index (χ3n) is 3.46. The summed E-state index contributed by atoms with van der Waals surface area (Å²) in [5.41, 5.74) is 4.78. The lowest BCUT2D eigenvalue weighted by Gasteiger charge is -2.12. The molecule has 0 fully saturated rings. The van der Waals surface area contributed by atoms with Crippen molar-refractivity contribution in [1.29, 1.82) is 0 Å². The number of fused-ring (bicyclic) bond motifs is 2. The van der Waals surface area contributed by atoms with Crippen LogP contribution in [-0.2, 0) is 12.8 Å². The summed E-state index contributed by atoms with van der Waals surface area (Å²) in [7, 11) is 0. The molecule has 80 valence electrons. The number of nitrogens with one attached hydrogen (secondary N) is 1. The van der Waals surface area contributed by atoms with Crippen molar-refractivity contribution in [2.45, 2.75) is 37.1 Å². The summed E-state index contributed by atoms with van der Waals surface area (Å²) in [6.45, 7) is 3.26. The molecule has 1 aromatic rings. The first-order valence-corrected chi connectivity index (χ1v) is 6.89. The van der Waals surface area contributed by atoms with E-state index in [9.17, 15) is 0 Å². The molecule has 3 rings (SSSR count). The molecule has 1 aliphatic heterocycles. The molecule has 0 amide bonds. The third kappa shape index (κ3) is 1.60. The lowest BCUT2D eigenvalue weighted by atomic mass is 10.0. The summed E-state index contributed by atoms with van der Waals surface area (Å²) in [5.74, 6) is 1.21. The van der Waals surface area contributed by atoms with Gasteiger partial charge in [-0.1, -0.05) is 13.0 Å². The molecule has 0 saturated heterocycles. The standard InChI is InChI=1S/C13H17NS/c1-2-14-12-8-15-13-7-10-5-3-4-9(10)6-11(12)13/h6-7,12,14H,2-5,8H2,1H3. The fourth-order valence-electron chi connectivity index (χ4n) is 2.70. The second kappa shape index (κ2) is 3.84. The highest BCUT2D eigenvalue weighted by atomic mass is 32.2.